The van der Waals surface area contributed by atoms with E-state index >= 15 is 0 Å². The van der Waals surface area contributed by atoms with Gasteiger partial charge in [0.05, 0.1) is 13.2 Å². The molecule has 0 saturated carbocycles. The second-order valence-corrected chi connectivity index (χ2v) is 11.9. The second kappa shape index (κ2) is 25.7. The summed E-state index contributed by atoms with van der Waals surface area (Å²) in [6.07, 6.45) is 23.4. The van der Waals surface area contributed by atoms with E-state index in [2.05, 4.69) is 36.7 Å². The average molecular weight is 612 g/mol. The van der Waals surface area contributed by atoms with Gasteiger partial charge in [-0.25, -0.2) is 0 Å². The van der Waals surface area contributed by atoms with Crippen molar-refractivity contribution in [1.29, 1.82) is 0 Å². The molecule has 1 aromatic carbocycles. The van der Waals surface area contributed by atoms with Crippen molar-refractivity contribution in [3.05, 3.63) is 23.8 Å². The van der Waals surface area contributed by atoms with Gasteiger partial charge in [-0.05, 0) is 42.9 Å². The molecule has 226 valence electrons. The van der Waals surface area contributed by atoms with E-state index in [4.69, 9.17) is 14.2 Å². The van der Waals surface area contributed by atoms with Crippen molar-refractivity contribution >= 4 is 21.9 Å². The maximum atomic E-state index is 12.0. The molecule has 1 unspecified atom stereocenters. The van der Waals surface area contributed by atoms with E-state index < -0.39 is 0 Å². The Kier molecular flexibility index (Phi) is 23.6. The van der Waals surface area contributed by atoms with Crippen LogP contribution in [0.5, 0.6) is 11.5 Å². The summed E-state index contributed by atoms with van der Waals surface area (Å²) in [5.41, 5.74) is 0.918. The Morgan fingerprint density at radius 1 is 0.718 bits per heavy atom. The first kappa shape index (κ1) is 35.8. The zero-order valence-electron chi connectivity index (χ0n) is 25.6. The second-order valence-electron chi connectivity index (χ2n) is 11.1. The van der Waals surface area contributed by atoms with E-state index in [-0.39, 0.29) is 12.6 Å². The molecular formula is C34H59BrO4. The van der Waals surface area contributed by atoms with E-state index in [0.29, 0.717) is 25.6 Å². The third-order valence-electron chi connectivity index (χ3n) is 7.40. The first-order valence-corrected chi connectivity index (χ1v) is 17.4. The van der Waals surface area contributed by atoms with Crippen molar-refractivity contribution in [2.45, 2.75) is 149 Å². The molecule has 0 saturated heterocycles. The SMILES string of the molecule is CCCCCCCCCCCCCCCOc1cc(COC(=O)CCCBr)cc(OCC(CC)CCCC)c1. The van der Waals surface area contributed by atoms with Crippen LogP contribution in [0.25, 0.3) is 0 Å². The molecule has 0 bridgehead atoms. The molecule has 0 aliphatic carbocycles. The van der Waals surface area contributed by atoms with E-state index in [1.54, 1.807) is 0 Å². The standard InChI is InChI=1S/C34H59BrO4/c1-4-7-9-10-11-12-13-14-15-16-17-18-19-24-37-32-25-31(29-39-34(36)22-20-23-35)26-33(27-32)38-28-30(6-3)21-8-5-2/h25-27,30H,4-24,28-29H2,1-3H3. The molecule has 0 radical (unpaired) electrons. The van der Waals surface area contributed by atoms with E-state index in [1.165, 1.54) is 96.3 Å². The van der Waals surface area contributed by atoms with Gasteiger partial charge in [0.1, 0.15) is 18.1 Å². The fraction of sp³-hybridized carbons (Fsp3) is 0.794. The van der Waals surface area contributed by atoms with Crippen molar-refractivity contribution in [3.8, 4) is 11.5 Å². The molecule has 1 aromatic rings. The number of hydrogen-bond donors (Lipinski definition) is 0. The van der Waals surface area contributed by atoms with Gasteiger partial charge in [0.2, 0.25) is 0 Å². The number of carbonyl (C=O) groups is 1. The lowest BCUT2D eigenvalue weighted by Crippen LogP contribution is -2.12. The minimum absolute atomic E-state index is 0.166. The first-order valence-electron chi connectivity index (χ1n) is 16.2. The topological polar surface area (TPSA) is 44.8 Å². The Bertz CT molecular complexity index is 708. The maximum Gasteiger partial charge on any atom is 0.306 e. The van der Waals surface area contributed by atoms with Crippen LogP contribution < -0.4 is 9.47 Å². The normalized spacial score (nSPS) is 11.9. The number of rotatable bonds is 27. The first-order chi connectivity index (χ1) is 19.1. The molecule has 5 heteroatoms. The summed E-state index contributed by atoms with van der Waals surface area (Å²) >= 11 is 3.37. The lowest BCUT2D eigenvalue weighted by atomic mass is 10.0. The van der Waals surface area contributed by atoms with Crippen LogP contribution in [0.3, 0.4) is 0 Å². The van der Waals surface area contributed by atoms with Crippen molar-refractivity contribution < 1.29 is 19.0 Å². The van der Waals surface area contributed by atoms with Gasteiger partial charge in [0.15, 0.2) is 0 Å². The highest BCUT2D eigenvalue weighted by Gasteiger charge is 2.11. The molecule has 0 amide bonds. The van der Waals surface area contributed by atoms with Crippen molar-refractivity contribution in [1.82, 2.24) is 0 Å². The Morgan fingerprint density at radius 2 is 1.28 bits per heavy atom. The van der Waals surface area contributed by atoms with Crippen LogP contribution in [-0.4, -0.2) is 24.5 Å². The molecule has 0 spiro atoms. The maximum absolute atomic E-state index is 12.0. The van der Waals surface area contributed by atoms with E-state index in [1.807, 2.05) is 18.2 Å². The van der Waals surface area contributed by atoms with Crippen LogP contribution in [0.4, 0.5) is 0 Å². The Morgan fingerprint density at radius 3 is 1.85 bits per heavy atom. The Balaban J connectivity index is 2.41. The molecule has 0 heterocycles. The van der Waals surface area contributed by atoms with Gasteiger partial charge in [-0.15, -0.1) is 0 Å². The lowest BCUT2D eigenvalue weighted by Gasteiger charge is -2.17. The van der Waals surface area contributed by atoms with Gasteiger partial charge in [-0.2, -0.15) is 0 Å². The average Bonchev–Trinajstić information content (AvgIpc) is 2.95. The smallest absolute Gasteiger partial charge is 0.306 e. The molecule has 0 N–H and O–H groups in total. The molecule has 0 aliphatic heterocycles. The number of esters is 1. The molecule has 4 nitrogen and oxygen atoms in total. The molecule has 1 rings (SSSR count). The molecule has 39 heavy (non-hydrogen) atoms. The summed E-state index contributed by atoms with van der Waals surface area (Å²) in [6, 6.07) is 5.97. The van der Waals surface area contributed by atoms with Gasteiger partial charge in [-0.1, -0.05) is 133 Å². The van der Waals surface area contributed by atoms with Crippen LogP contribution in [0.15, 0.2) is 18.2 Å². The monoisotopic (exact) mass is 610 g/mol. The summed E-state index contributed by atoms with van der Waals surface area (Å²) < 4.78 is 17.8. The summed E-state index contributed by atoms with van der Waals surface area (Å²) in [7, 11) is 0. The minimum Gasteiger partial charge on any atom is -0.493 e. The largest absolute Gasteiger partial charge is 0.493 e. The number of hydrogen-bond acceptors (Lipinski definition) is 4. The summed E-state index contributed by atoms with van der Waals surface area (Å²) in [6.45, 7) is 8.42. The van der Waals surface area contributed by atoms with Crippen molar-refractivity contribution in [2.24, 2.45) is 5.92 Å². The lowest BCUT2D eigenvalue weighted by molar-refractivity contribution is -0.144. The number of alkyl halides is 1. The highest BCUT2D eigenvalue weighted by molar-refractivity contribution is 9.09. The highest BCUT2D eigenvalue weighted by Crippen LogP contribution is 2.26. The number of carbonyl (C=O) groups excluding carboxylic acids is 1. The molecule has 1 atom stereocenters. The fourth-order valence-electron chi connectivity index (χ4n) is 4.75. The predicted molar refractivity (Wildman–Crippen MR) is 169 cm³/mol. The van der Waals surface area contributed by atoms with Crippen LogP contribution in [0.1, 0.15) is 148 Å². The van der Waals surface area contributed by atoms with Crippen molar-refractivity contribution in [2.75, 3.05) is 18.5 Å². The zero-order chi connectivity index (χ0) is 28.4. The third-order valence-corrected chi connectivity index (χ3v) is 7.96. The number of halogens is 1. The van der Waals surface area contributed by atoms with Crippen LogP contribution in [-0.2, 0) is 16.1 Å². The molecule has 0 fully saturated rings. The van der Waals surface area contributed by atoms with Crippen molar-refractivity contribution in [3.63, 3.8) is 0 Å². The number of unbranched alkanes of at least 4 members (excludes halogenated alkanes) is 13. The number of ether oxygens (including phenoxy) is 3. The fourth-order valence-corrected chi connectivity index (χ4v) is 5.03. The summed E-state index contributed by atoms with van der Waals surface area (Å²) in [5.74, 6) is 2.01. The van der Waals surface area contributed by atoms with Gasteiger partial charge >= 0.3 is 5.97 Å². The molecule has 0 aromatic heterocycles. The molecule has 0 aliphatic rings. The van der Waals surface area contributed by atoms with Gasteiger partial charge in [0.25, 0.3) is 0 Å². The van der Waals surface area contributed by atoms with E-state index in [0.717, 1.165) is 41.7 Å². The van der Waals surface area contributed by atoms with Crippen LogP contribution in [0.2, 0.25) is 0 Å². The highest BCUT2D eigenvalue weighted by atomic mass is 79.9. The number of benzene rings is 1. The van der Waals surface area contributed by atoms with E-state index in [9.17, 15) is 4.79 Å². The predicted octanol–water partition coefficient (Wildman–Crippen LogP) is 11.0. The minimum atomic E-state index is -0.166. The summed E-state index contributed by atoms with van der Waals surface area (Å²) in [5, 5.41) is 0.805. The zero-order valence-corrected chi connectivity index (χ0v) is 27.2. The van der Waals surface area contributed by atoms with Gasteiger partial charge in [0, 0.05) is 17.8 Å². The Labute approximate surface area is 249 Å². The summed E-state index contributed by atoms with van der Waals surface area (Å²) in [4.78, 5) is 12.0. The van der Waals surface area contributed by atoms with Crippen LogP contribution in [0, 0.1) is 5.92 Å². The van der Waals surface area contributed by atoms with Gasteiger partial charge in [-0.3, -0.25) is 4.79 Å². The third kappa shape index (κ3) is 20.3. The Hall–Kier alpha value is -1.23. The molecular weight excluding hydrogens is 552 g/mol. The van der Waals surface area contributed by atoms with Crippen LogP contribution >= 0.6 is 15.9 Å². The van der Waals surface area contributed by atoms with Gasteiger partial charge < -0.3 is 14.2 Å². The quantitative estimate of drug-likeness (QED) is 0.0564.